The summed E-state index contributed by atoms with van der Waals surface area (Å²) in [5, 5.41) is 0. The Kier molecular flexibility index (Phi) is 7.48. The first-order valence-corrected chi connectivity index (χ1v) is 8.09. The molecule has 0 aromatic heterocycles. The molecule has 0 bridgehead atoms. The largest absolute Gasteiger partial charge is 0.523 e. The summed E-state index contributed by atoms with van der Waals surface area (Å²) in [5.41, 5.74) is -11.7. The molecule has 0 saturated heterocycles. The summed E-state index contributed by atoms with van der Waals surface area (Å²) in [6.45, 7) is 0.150. The quantitative estimate of drug-likeness (QED) is 0.191. The highest BCUT2D eigenvalue weighted by atomic mass is 32.2. The van der Waals surface area contributed by atoms with E-state index in [9.17, 15) is 43.2 Å². The minimum Gasteiger partial charge on any atom is -0.375 e. The zero-order valence-electron chi connectivity index (χ0n) is 10.9. The van der Waals surface area contributed by atoms with Crippen LogP contribution in [-0.4, -0.2) is 53.8 Å². The summed E-state index contributed by atoms with van der Waals surface area (Å²) in [6.07, 6.45) is -1.21. The summed E-state index contributed by atoms with van der Waals surface area (Å²) >= 11 is 0. The van der Waals surface area contributed by atoms with Crippen LogP contribution in [0, 0.1) is 0 Å². The van der Waals surface area contributed by atoms with Crippen molar-refractivity contribution >= 4 is 20.2 Å². The van der Waals surface area contributed by atoms with Crippen LogP contribution >= 0.6 is 0 Å². The lowest BCUT2D eigenvalue weighted by atomic mass is 10.4. The molecule has 138 valence electrons. The summed E-state index contributed by atoms with van der Waals surface area (Å²) in [4.78, 5) is 0. The Labute approximate surface area is 127 Å². The Morgan fingerprint density at radius 2 is 1.39 bits per heavy atom. The van der Waals surface area contributed by atoms with Crippen molar-refractivity contribution in [1.82, 2.24) is 0 Å². The van der Waals surface area contributed by atoms with Gasteiger partial charge in [0.05, 0.1) is 19.8 Å². The predicted octanol–water partition coefficient (Wildman–Crippen LogP) is 1.29. The molecule has 0 radical (unpaired) electrons. The third-order valence-corrected chi connectivity index (χ3v) is 3.88. The number of ether oxygens (including phenoxy) is 1. The first kappa shape index (κ1) is 22.1. The monoisotopic (exact) mass is 396 g/mol. The third-order valence-electron chi connectivity index (χ3n) is 1.78. The second-order valence-electron chi connectivity index (χ2n) is 3.63. The van der Waals surface area contributed by atoms with Gasteiger partial charge in [-0.3, -0.25) is 8.37 Å². The molecular formula is C8H10F6O7S2. The molecule has 0 N–H and O–H groups in total. The van der Waals surface area contributed by atoms with Crippen LogP contribution in [0.4, 0.5) is 26.3 Å². The van der Waals surface area contributed by atoms with Crippen LogP contribution in [0.25, 0.3) is 0 Å². The molecule has 0 aliphatic rings. The molecule has 0 amide bonds. The number of hydrogen-bond acceptors (Lipinski definition) is 7. The fraction of sp³-hybridized carbons (Fsp3) is 0.750. The van der Waals surface area contributed by atoms with E-state index in [0.29, 0.717) is 0 Å². The van der Waals surface area contributed by atoms with Crippen molar-refractivity contribution in [3.63, 3.8) is 0 Å². The van der Waals surface area contributed by atoms with E-state index < -0.39 is 50.6 Å². The molecule has 0 fully saturated rings. The Balaban J connectivity index is 5.08. The first-order valence-electron chi connectivity index (χ1n) is 5.28. The van der Waals surface area contributed by atoms with Crippen LogP contribution in [0.5, 0.6) is 0 Å². The molecule has 1 unspecified atom stereocenters. The van der Waals surface area contributed by atoms with Crippen LogP contribution in [0.2, 0.25) is 0 Å². The predicted molar refractivity (Wildman–Crippen MR) is 61.8 cm³/mol. The molecule has 0 aromatic rings. The third kappa shape index (κ3) is 7.03. The van der Waals surface area contributed by atoms with E-state index in [-0.39, 0.29) is 6.61 Å². The van der Waals surface area contributed by atoms with Crippen molar-refractivity contribution in [3.8, 4) is 0 Å². The van der Waals surface area contributed by atoms with Crippen molar-refractivity contribution in [3.05, 3.63) is 12.7 Å². The van der Waals surface area contributed by atoms with Gasteiger partial charge in [0.15, 0.2) is 0 Å². The molecule has 23 heavy (non-hydrogen) atoms. The Morgan fingerprint density at radius 3 is 1.78 bits per heavy atom. The average molecular weight is 396 g/mol. The van der Waals surface area contributed by atoms with Crippen molar-refractivity contribution in [1.29, 1.82) is 0 Å². The Hall–Kier alpha value is -0.900. The molecule has 0 aliphatic heterocycles. The fourth-order valence-corrected chi connectivity index (χ4v) is 1.90. The van der Waals surface area contributed by atoms with Gasteiger partial charge in [-0.05, 0) is 0 Å². The van der Waals surface area contributed by atoms with Crippen LogP contribution in [0.1, 0.15) is 0 Å². The number of halogens is 6. The van der Waals surface area contributed by atoms with Gasteiger partial charge in [-0.2, -0.15) is 43.2 Å². The second kappa shape index (κ2) is 7.78. The molecule has 7 nitrogen and oxygen atoms in total. The van der Waals surface area contributed by atoms with Gasteiger partial charge in [0.1, 0.15) is 6.10 Å². The maximum absolute atomic E-state index is 12.1. The highest BCUT2D eigenvalue weighted by Gasteiger charge is 2.50. The minimum atomic E-state index is -6.20. The number of hydrogen-bond donors (Lipinski definition) is 0. The van der Waals surface area contributed by atoms with Crippen molar-refractivity contribution in [2.24, 2.45) is 0 Å². The SMILES string of the molecule is C=CCOCC(COS(=O)(=O)C(F)(F)F)OS(=O)(=O)C(F)(F)F. The zero-order valence-corrected chi connectivity index (χ0v) is 12.6. The molecular weight excluding hydrogens is 386 g/mol. The van der Waals surface area contributed by atoms with Gasteiger partial charge in [-0.1, -0.05) is 6.08 Å². The van der Waals surface area contributed by atoms with Gasteiger partial charge in [0.2, 0.25) is 0 Å². The fourth-order valence-electron chi connectivity index (χ4n) is 0.852. The summed E-state index contributed by atoms with van der Waals surface area (Å²) in [5.74, 6) is 0. The maximum Gasteiger partial charge on any atom is 0.523 e. The first-order chi connectivity index (χ1) is 10.1. The molecule has 0 saturated carbocycles. The van der Waals surface area contributed by atoms with E-state index in [2.05, 4.69) is 19.7 Å². The zero-order chi connectivity index (χ0) is 18.5. The molecule has 0 aliphatic carbocycles. The summed E-state index contributed by atoms with van der Waals surface area (Å²) in [6, 6.07) is 0. The average Bonchev–Trinajstić information content (AvgIpc) is 2.33. The normalized spacial score (nSPS) is 15.4. The minimum absolute atomic E-state index is 0.321. The van der Waals surface area contributed by atoms with Gasteiger partial charge in [0.25, 0.3) is 0 Å². The van der Waals surface area contributed by atoms with Gasteiger partial charge >= 0.3 is 31.3 Å². The maximum atomic E-state index is 12.1. The molecule has 0 heterocycles. The number of alkyl halides is 6. The van der Waals surface area contributed by atoms with Gasteiger partial charge in [-0.25, -0.2) is 0 Å². The van der Waals surface area contributed by atoms with Crippen molar-refractivity contribution in [2.45, 2.75) is 17.1 Å². The van der Waals surface area contributed by atoms with E-state index in [4.69, 9.17) is 0 Å². The molecule has 0 rings (SSSR count). The van der Waals surface area contributed by atoms with Crippen LogP contribution in [0.3, 0.4) is 0 Å². The lowest BCUT2D eigenvalue weighted by Gasteiger charge is -2.18. The molecule has 0 aromatic carbocycles. The highest BCUT2D eigenvalue weighted by Crippen LogP contribution is 2.27. The summed E-state index contributed by atoms with van der Waals surface area (Å²) in [7, 11) is -12.3. The van der Waals surface area contributed by atoms with E-state index in [1.54, 1.807) is 0 Å². The Bertz CT molecular complexity index is 591. The number of rotatable bonds is 9. The Morgan fingerprint density at radius 1 is 0.913 bits per heavy atom. The van der Waals surface area contributed by atoms with E-state index >= 15 is 0 Å². The van der Waals surface area contributed by atoms with Gasteiger partial charge < -0.3 is 4.74 Å². The van der Waals surface area contributed by atoms with Crippen molar-refractivity contribution in [2.75, 3.05) is 19.8 Å². The van der Waals surface area contributed by atoms with Gasteiger partial charge in [-0.15, -0.1) is 6.58 Å². The second-order valence-corrected chi connectivity index (χ2v) is 6.80. The lowest BCUT2D eigenvalue weighted by molar-refractivity contribution is -0.0674. The summed E-state index contributed by atoms with van der Waals surface area (Å²) < 4.78 is 127. The topological polar surface area (TPSA) is 96.0 Å². The van der Waals surface area contributed by atoms with E-state index in [1.165, 1.54) is 0 Å². The lowest BCUT2D eigenvalue weighted by Crippen LogP contribution is -2.37. The van der Waals surface area contributed by atoms with Crippen LogP contribution in [0.15, 0.2) is 12.7 Å². The van der Waals surface area contributed by atoms with Crippen molar-refractivity contribution < 1.29 is 56.3 Å². The molecule has 0 spiro atoms. The standard InChI is InChI=1S/C8H10F6O7S2/c1-2-3-19-4-6(21-23(17,18)8(12,13)14)5-20-22(15,16)7(9,10)11/h2,6H,1,3-5H2. The van der Waals surface area contributed by atoms with Crippen LogP contribution < -0.4 is 0 Å². The molecule has 15 heteroatoms. The smallest absolute Gasteiger partial charge is 0.375 e. The van der Waals surface area contributed by atoms with E-state index in [1.807, 2.05) is 0 Å². The van der Waals surface area contributed by atoms with E-state index in [0.717, 1.165) is 6.08 Å². The molecule has 1 atom stereocenters. The van der Waals surface area contributed by atoms with Crippen LogP contribution in [-0.2, 0) is 33.3 Å². The van der Waals surface area contributed by atoms with Gasteiger partial charge in [0, 0.05) is 0 Å². The highest BCUT2D eigenvalue weighted by molar-refractivity contribution is 7.88.